The molecule has 0 N–H and O–H groups in total. The Morgan fingerprint density at radius 2 is 2.05 bits per heavy atom. The molecule has 1 aliphatic heterocycles. The van der Waals surface area contributed by atoms with E-state index in [0.717, 1.165) is 16.0 Å². The van der Waals surface area contributed by atoms with Crippen LogP contribution in [0.1, 0.15) is 12.6 Å². The number of hydrogen-bond donors (Lipinski definition) is 0. The lowest BCUT2D eigenvalue weighted by atomic mass is 10.2. The van der Waals surface area contributed by atoms with Crippen molar-refractivity contribution in [3.63, 3.8) is 0 Å². The van der Waals surface area contributed by atoms with Crippen molar-refractivity contribution in [2.24, 2.45) is 0 Å². The molecule has 5 nitrogen and oxygen atoms in total. The molecule has 1 aliphatic rings. The van der Waals surface area contributed by atoms with Gasteiger partial charge in [-0.3, -0.25) is 0 Å². The lowest BCUT2D eigenvalue weighted by Crippen LogP contribution is -2.53. The zero-order valence-corrected chi connectivity index (χ0v) is 13.7. The molecule has 0 spiro atoms. The Labute approximate surface area is 122 Å². The van der Waals surface area contributed by atoms with Gasteiger partial charge in [-0.25, -0.2) is 13.4 Å². The number of pyridine rings is 1. The molecule has 19 heavy (non-hydrogen) atoms. The fourth-order valence-electron chi connectivity index (χ4n) is 2.35. The molecule has 2 heterocycles. The molecule has 1 aromatic heterocycles. The van der Waals surface area contributed by atoms with Crippen molar-refractivity contribution in [3.8, 4) is 0 Å². The third kappa shape index (κ3) is 3.27. The normalized spacial score (nSPS) is 21.7. The quantitative estimate of drug-likeness (QED) is 0.815. The van der Waals surface area contributed by atoms with E-state index in [4.69, 9.17) is 0 Å². The molecule has 0 aliphatic carbocycles. The minimum Gasteiger partial charge on any atom is -0.354 e. The van der Waals surface area contributed by atoms with Crippen LogP contribution in [0.5, 0.6) is 0 Å². The Hall–Kier alpha value is -0.660. The van der Waals surface area contributed by atoms with Crippen molar-refractivity contribution in [2.45, 2.75) is 19.9 Å². The van der Waals surface area contributed by atoms with Crippen LogP contribution < -0.4 is 4.90 Å². The smallest absolute Gasteiger partial charge is 0.211 e. The maximum atomic E-state index is 11.6. The monoisotopic (exact) mass is 347 g/mol. The lowest BCUT2D eigenvalue weighted by Gasteiger charge is -2.39. The van der Waals surface area contributed by atoms with Gasteiger partial charge in [-0.2, -0.15) is 4.31 Å². The summed E-state index contributed by atoms with van der Waals surface area (Å²) in [5, 5.41) is 0. The third-order valence-corrected chi connectivity index (χ3v) is 5.56. The molecule has 1 aromatic rings. The van der Waals surface area contributed by atoms with E-state index < -0.39 is 10.0 Å². The number of piperazine rings is 1. The van der Waals surface area contributed by atoms with Crippen LogP contribution in [-0.2, 0) is 10.0 Å². The minimum absolute atomic E-state index is 0.0329. The van der Waals surface area contributed by atoms with Gasteiger partial charge in [-0.15, -0.1) is 0 Å². The van der Waals surface area contributed by atoms with Crippen LogP contribution in [0, 0.1) is 6.92 Å². The molecule has 1 saturated heterocycles. The first-order valence-electron chi connectivity index (χ1n) is 6.14. The summed E-state index contributed by atoms with van der Waals surface area (Å²) in [5.74, 6) is 0.903. The average Bonchev–Trinajstić information content (AvgIpc) is 2.31. The fourth-order valence-corrected chi connectivity index (χ4v) is 3.70. The van der Waals surface area contributed by atoms with Gasteiger partial charge in [0.1, 0.15) is 5.82 Å². The highest BCUT2D eigenvalue weighted by molar-refractivity contribution is 9.10. The largest absolute Gasteiger partial charge is 0.354 e. The van der Waals surface area contributed by atoms with Crippen molar-refractivity contribution in [2.75, 3.05) is 30.8 Å². The summed E-state index contributed by atoms with van der Waals surface area (Å²) >= 11 is 3.43. The minimum atomic E-state index is -3.12. The predicted molar refractivity (Wildman–Crippen MR) is 79.9 cm³/mol. The van der Waals surface area contributed by atoms with Crippen LogP contribution in [0.25, 0.3) is 0 Å². The van der Waals surface area contributed by atoms with Gasteiger partial charge < -0.3 is 4.90 Å². The second kappa shape index (κ2) is 5.38. The summed E-state index contributed by atoms with van der Waals surface area (Å²) in [7, 11) is -3.12. The van der Waals surface area contributed by atoms with Crippen LogP contribution >= 0.6 is 15.9 Å². The Kier molecular flexibility index (Phi) is 4.17. The molecule has 0 amide bonds. The molecule has 1 fully saturated rings. The summed E-state index contributed by atoms with van der Waals surface area (Å²) in [6.45, 7) is 5.73. The lowest BCUT2D eigenvalue weighted by molar-refractivity contribution is 0.308. The molecule has 0 bridgehead atoms. The molecule has 0 radical (unpaired) electrons. The summed E-state index contributed by atoms with van der Waals surface area (Å²) < 4.78 is 25.8. The van der Waals surface area contributed by atoms with Gasteiger partial charge in [-0.05, 0) is 41.9 Å². The van der Waals surface area contributed by atoms with Crippen molar-refractivity contribution in [1.82, 2.24) is 9.29 Å². The maximum Gasteiger partial charge on any atom is 0.211 e. The standard InChI is InChI=1S/C12H18BrN3O2S/c1-9-8-15(6-7-16(9)19(3,17)18)12-5-4-11(13)10(2)14-12/h4-5,9H,6-8H2,1-3H3/t9-/m0/s1. The Bertz CT molecular complexity index is 576. The molecule has 7 heteroatoms. The third-order valence-electron chi connectivity index (χ3n) is 3.32. The van der Waals surface area contributed by atoms with E-state index in [0.29, 0.717) is 19.6 Å². The van der Waals surface area contributed by atoms with Gasteiger partial charge in [0.25, 0.3) is 0 Å². The maximum absolute atomic E-state index is 11.6. The van der Waals surface area contributed by atoms with E-state index in [1.807, 2.05) is 26.0 Å². The van der Waals surface area contributed by atoms with Gasteiger partial charge >= 0.3 is 0 Å². The molecule has 2 rings (SSSR count). The second-order valence-electron chi connectivity index (χ2n) is 4.91. The first-order valence-corrected chi connectivity index (χ1v) is 8.78. The highest BCUT2D eigenvalue weighted by Gasteiger charge is 2.30. The molecule has 106 valence electrons. The Morgan fingerprint density at radius 3 is 2.58 bits per heavy atom. The summed E-state index contributed by atoms with van der Waals surface area (Å²) in [5.41, 5.74) is 0.940. The van der Waals surface area contributed by atoms with Crippen LogP contribution in [0.3, 0.4) is 0 Å². The summed E-state index contributed by atoms with van der Waals surface area (Å²) in [6, 6.07) is 3.90. The van der Waals surface area contributed by atoms with Crippen molar-refractivity contribution in [1.29, 1.82) is 0 Å². The Morgan fingerprint density at radius 1 is 1.37 bits per heavy atom. The predicted octanol–water partition coefficient (Wildman–Crippen LogP) is 1.62. The number of rotatable bonds is 2. The topological polar surface area (TPSA) is 53.5 Å². The van der Waals surface area contributed by atoms with E-state index in [1.54, 1.807) is 4.31 Å². The van der Waals surface area contributed by atoms with E-state index in [1.165, 1.54) is 6.26 Å². The van der Waals surface area contributed by atoms with Crippen molar-refractivity contribution >= 4 is 31.8 Å². The van der Waals surface area contributed by atoms with Crippen LogP contribution in [0.2, 0.25) is 0 Å². The highest BCUT2D eigenvalue weighted by atomic mass is 79.9. The van der Waals surface area contributed by atoms with Crippen LogP contribution in [-0.4, -0.2) is 49.6 Å². The highest BCUT2D eigenvalue weighted by Crippen LogP contribution is 2.22. The first-order chi connectivity index (χ1) is 8.79. The number of sulfonamides is 1. The fraction of sp³-hybridized carbons (Fsp3) is 0.583. The second-order valence-corrected chi connectivity index (χ2v) is 7.69. The SMILES string of the molecule is Cc1nc(N2CCN(S(C)(=O)=O)[C@@H](C)C2)ccc1Br. The summed E-state index contributed by atoms with van der Waals surface area (Å²) in [6.07, 6.45) is 1.27. The van der Waals surface area contributed by atoms with Gasteiger partial charge in [0.2, 0.25) is 10.0 Å². The zero-order valence-electron chi connectivity index (χ0n) is 11.3. The summed E-state index contributed by atoms with van der Waals surface area (Å²) in [4.78, 5) is 6.66. The van der Waals surface area contributed by atoms with E-state index >= 15 is 0 Å². The van der Waals surface area contributed by atoms with E-state index in [-0.39, 0.29) is 6.04 Å². The van der Waals surface area contributed by atoms with E-state index in [9.17, 15) is 8.42 Å². The zero-order chi connectivity index (χ0) is 14.2. The number of hydrogen-bond acceptors (Lipinski definition) is 4. The molecule has 0 unspecified atom stereocenters. The molecular formula is C12H18BrN3O2S. The molecule has 0 saturated carbocycles. The number of halogens is 1. The van der Waals surface area contributed by atoms with Crippen LogP contribution in [0.15, 0.2) is 16.6 Å². The van der Waals surface area contributed by atoms with Gasteiger partial charge in [-0.1, -0.05) is 0 Å². The Balaban J connectivity index is 2.16. The molecule has 1 atom stereocenters. The van der Waals surface area contributed by atoms with Crippen LogP contribution in [0.4, 0.5) is 5.82 Å². The van der Waals surface area contributed by atoms with Crippen molar-refractivity contribution in [3.05, 3.63) is 22.3 Å². The average molecular weight is 348 g/mol. The van der Waals surface area contributed by atoms with E-state index in [2.05, 4.69) is 25.8 Å². The van der Waals surface area contributed by atoms with Gasteiger partial charge in [0.05, 0.1) is 11.9 Å². The first kappa shape index (κ1) is 14.7. The van der Waals surface area contributed by atoms with Gasteiger partial charge in [0.15, 0.2) is 0 Å². The number of anilines is 1. The number of nitrogens with zero attached hydrogens (tertiary/aromatic N) is 3. The van der Waals surface area contributed by atoms with Gasteiger partial charge in [0, 0.05) is 30.1 Å². The number of aromatic nitrogens is 1. The molecular weight excluding hydrogens is 330 g/mol. The molecule has 0 aromatic carbocycles. The number of aryl methyl sites for hydroxylation is 1. The van der Waals surface area contributed by atoms with Crippen molar-refractivity contribution < 1.29 is 8.42 Å².